The molecule has 90 valence electrons. The summed E-state index contributed by atoms with van der Waals surface area (Å²) in [4.78, 5) is 22.3. The van der Waals surface area contributed by atoms with Gasteiger partial charge in [0.1, 0.15) is 5.69 Å². The maximum Gasteiger partial charge on any atom is 0.293 e. The second-order valence-electron chi connectivity index (χ2n) is 4.35. The molecule has 1 aromatic carbocycles. The summed E-state index contributed by atoms with van der Waals surface area (Å²) in [6, 6.07) is 4.84. The van der Waals surface area contributed by atoms with Crippen molar-refractivity contribution in [2.75, 3.05) is 5.32 Å². The van der Waals surface area contributed by atoms with Gasteiger partial charge in [-0.1, -0.05) is 32.4 Å². The molecular formula is C12H14N2O3. The van der Waals surface area contributed by atoms with Crippen LogP contribution in [-0.4, -0.2) is 10.8 Å². The van der Waals surface area contributed by atoms with E-state index in [9.17, 15) is 14.9 Å². The number of nitrogens with zero attached hydrogens (tertiary/aromatic N) is 1. The van der Waals surface area contributed by atoms with Gasteiger partial charge in [-0.05, 0) is 11.5 Å². The number of nitrogens with one attached hydrogen (secondary N) is 1. The quantitative estimate of drug-likeness (QED) is 0.645. The molecule has 1 N–H and O–H groups in total. The monoisotopic (exact) mass is 234 g/mol. The lowest BCUT2D eigenvalue weighted by atomic mass is 9.86. The first-order chi connectivity index (χ1) is 8.06. The summed E-state index contributed by atoms with van der Waals surface area (Å²) >= 11 is 0. The fraction of sp³-hybridized carbons (Fsp3) is 0.417. The molecule has 0 aromatic heterocycles. The maximum absolute atomic E-state index is 11.9. The SMILES string of the molecule is CCC(C)C1C(=O)Nc2c1cccc2[N+](=O)[O-]. The molecule has 0 bridgehead atoms. The second kappa shape index (κ2) is 4.16. The van der Waals surface area contributed by atoms with Crippen molar-refractivity contribution >= 4 is 17.3 Å². The molecule has 1 aliphatic heterocycles. The number of nitro benzene ring substituents is 1. The van der Waals surface area contributed by atoms with Crippen LogP contribution in [0.15, 0.2) is 18.2 Å². The summed E-state index contributed by atoms with van der Waals surface area (Å²) in [6.07, 6.45) is 0.861. The number of rotatable bonds is 3. The molecule has 0 aliphatic carbocycles. The Bertz CT molecular complexity index is 485. The first-order valence-electron chi connectivity index (χ1n) is 5.64. The highest BCUT2D eigenvalue weighted by Gasteiger charge is 2.37. The number of hydrogen-bond donors (Lipinski definition) is 1. The Labute approximate surface area is 99.0 Å². The topological polar surface area (TPSA) is 72.2 Å². The normalized spacial score (nSPS) is 19.6. The van der Waals surface area contributed by atoms with Crippen LogP contribution in [0.3, 0.4) is 0 Å². The molecule has 17 heavy (non-hydrogen) atoms. The Balaban J connectivity index is 2.52. The highest BCUT2D eigenvalue weighted by molar-refractivity contribution is 6.05. The summed E-state index contributed by atoms with van der Waals surface area (Å²) in [5.41, 5.74) is 1.09. The van der Waals surface area contributed by atoms with Crippen molar-refractivity contribution < 1.29 is 9.72 Å². The number of amides is 1. The Kier molecular flexibility index (Phi) is 2.83. The molecule has 2 unspecified atom stereocenters. The summed E-state index contributed by atoms with van der Waals surface area (Å²) in [5, 5.41) is 13.5. The van der Waals surface area contributed by atoms with E-state index in [4.69, 9.17) is 0 Å². The van der Waals surface area contributed by atoms with Gasteiger partial charge in [0, 0.05) is 6.07 Å². The predicted molar refractivity (Wildman–Crippen MR) is 63.9 cm³/mol. The minimum atomic E-state index is -0.460. The second-order valence-corrected chi connectivity index (χ2v) is 4.35. The van der Waals surface area contributed by atoms with Crippen molar-refractivity contribution in [2.45, 2.75) is 26.2 Å². The zero-order valence-electron chi connectivity index (χ0n) is 9.77. The number of nitro groups is 1. The molecule has 2 rings (SSSR count). The van der Waals surface area contributed by atoms with Gasteiger partial charge in [-0.25, -0.2) is 0 Å². The zero-order chi connectivity index (χ0) is 12.6. The molecular weight excluding hydrogens is 220 g/mol. The molecule has 0 spiro atoms. The van der Waals surface area contributed by atoms with E-state index < -0.39 is 4.92 Å². The van der Waals surface area contributed by atoms with Crippen LogP contribution in [0, 0.1) is 16.0 Å². The van der Waals surface area contributed by atoms with Gasteiger partial charge in [0.15, 0.2) is 0 Å². The third kappa shape index (κ3) is 1.77. The number of anilines is 1. The number of fused-ring (bicyclic) bond motifs is 1. The van der Waals surface area contributed by atoms with Crippen LogP contribution in [0.4, 0.5) is 11.4 Å². The summed E-state index contributed by atoms with van der Waals surface area (Å²) in [6.45, 7) is 3.99. The van der Waals surface area contributed by atoms with Crippen LogP contribution >= 0.6 is 0 Å². The van der Waals surface area contributed by atoms with E-state index in [2.05, 4.69) is 5.32 Å². The maximum atomic E-state index is 11.9. The van der Waals surface area contributed by atoms with Crippen LogP contribution in [0.25, 0.3) is 0 Å². The van der Waals surface area contributed by atoms with Gasteiger partial charge < -0.3 is 5.32 Å². The first-order valence-corrected chi connectivity index (χ1v) is 5.64. The van der Waals surface area contributed by atoms with Gasteiger partial charge in [-0.15, -0.1) is 0 Å². The van der Waals surface area contributed by atoms with Gasteiger partial charge in [0.05, 0.1) is 10.8 Å². The van der Waals surface area contributed by atoms with Crippen molar-refractivity contribution in [1.82, 2.24) is 0 Å². The summed E-state index contributed by atoms with van der Waals surface area (Å²) in [7, 11) is 0. The largest absolute Gasteiger partial charge is 0.320 e. The first kappa shape index (κ1) is 11.6. The smallest absolute Gasteiger partial charge is 0.293 e. The molecule has 0 saturated heterocycles. The minimum absolute atomic E-state index is 0.0262. The fourth-order valence-electron chi connectivity index (χ4n) is 2.25. The molecule has 5 heteroatoms. The molecule has 0 saturated carbocycles. The molecule has 0 fully saturated rings. The number of benzene rings is 1. The highest BCUT2D eigenvalue weighted by Crippen LogP contribution is 2.42. The van der Waals surface area contributed by atoms with E-state index in [0.717, 1.165) is 12.0 Å². The molecule has 1 heterocycles. The van der Waals surface area contributed by atoms with Gasteiger partial charge in [0.2, 0.25) is 5.91 Å². The standard InChI is InChI=1S/C12H14N2O3/c1-3-7(2)10-8-5-4-6-9(14(16)17)11(8)13-12(10)15/h4-7,10H,3H2,1-2H3,(H,13,15). The Morgan fingerprint density at radius 2 is 2.24 bits per heavy atom. The van der Waals surface area contributed by atoms with E-state index >= 15 is 0 Å². The third-order valence-corrected chi connectivity index (χ3v) is 3.35. The molecule has 1 aromatic rings. The van der Waals surface area contributed by atoms with Gasteiger partial charge in [0.25, 0.3) is 5.69 Å². The highest BCUT2D eigenvalue weighted by atomic mass is 16.6. The predicted octanol–water partition coefficient (Wildman–Crippen LogP) is 2.68. The Morgan fingerprint density at radius 1 is 1.53 bits per heavy atom. The number of hydrogen-bond acceptors (Lipinski definition) is 3. The average molecular weight is 234 g/mol. The van der Waals surface area contributed by atoms with E-state index in [1.165, 1.54) is 6.07 Å². The van der Waals surface area contributed by atoms with Gasteiger partial charge >= 0.3 is 0 Å². The molecule has 1 aliphatic rings. The number of para-hydroxylation sites is 1. The van der Waals surface area contributed by atoms with Crippen LogP contribution in [0.1, 0.15) is 31.7 Å². The van der Waals surface area contributed by atoms with Crippen molar-refractivity contribution in [3.05, 3.63) is 33.9 Å². The molecule has 2 atom stereocenters. The zero-order valence-corrected chi connectivity index (χ0v) is 9.77. The van der Waals surface area contributed by atoms with Crippen molar-refractivity contribution in [1.29, 1.82) is 0 Å². The third-order valence-electron chi connectivity index (χ3n) is 3.35. The summed E-state index contributed by atoms with van der Waals surface area (Å²) < 4.78 is 0. The van der Waals surface area contributed by atoms with Crippen LogP contribution in [0.2, 0.25) is 0 Å². The lowest BCUT2D eigenvalue weighted by Gasteiger charge is -2.15. The van der Waals surface area contributed by atoms with E-state index in [-0.39, 0.29) is 23.4 Å². The fourth-order valence-corrected chi connectivity index (χ4v) is 2.25. The van der Waals surface area contributed by atoms with Gasteiger partial charge in [-0.2, -0.15) is 0 Å². The lowest BCUT2D eigenvalue weighted by Crippen LogP contribution is -2.18. The van der Waals surface area contributed by atoms with Crippen LogP contribution < -0.4 is 5.32 Å². The molecule has 0 radical (unpaired) electrons. The number of carbonyl (C=O) groups is 1. The lowest BCUT2D eigenvalue weighted by molar-refractivity contribution is -0.383. The minimum Gasteiger partial charge on any atom is -0.320 e. The van der Waals surface area contributed by atoms with Gasteiger partial charge in [-0.3, -0.25) is 14.9 Å². The molecule has 1 amide bonds. The number of carbonyl (C=O) groups excluding carboxylic acids is 1. The summed E-state index contributed by atoms with van der Waals surface area (Å²) in [5.74, 6) is -0.225. The van der Waals surface area contributed by atoms with E-state index in [1.807, 2.05) is 13.8 Å². The Morgan fingerprint density at radius 3 is 2.82 bits per heavy atom. The average Bonchev–Trinajstić information content (AvgIpc) is 2.63. The van der Waals surface area contributed by atoms with Crippen molar-refractivity contribution in [3.63, 3.8) is 0 Å². The van der Waals surface area contributed by atoms with E-state index in [0.29, 0.717) is 5.69 Å². The van der Waals surface area contributed by atoms with Crippen molar-refractivity contribution in [2.24, 2.45) is 5.92 Å². The van der Waals surface area contributed by atoms with Crippen LogP contribution in [0.5, 0.6) is 0 Å². The van der Waals surface area contributed by atoms with Crippen molar-refractivity contribution in [3.8, 4) is 0 Å². The molecule has 5 nitrogen and oxygen atoms in total. The van der Waals surface area contributed by atoms with Crippen LogP contribution in [-0.2, 0) is 4.79 Å². The Hall–Kier alpha value is -1.91. The van der Waals surface area contributed by atoms with E-state index in [1.54, 1.807) is 12.1 Å².